The second-order valence-corrected chi connectivity index (χ2v) is 4.21. The summed E-state index contributed by atoms with van der Waals surface area (Å²) in [5.41, 5.74) is 6.36. The number of nitrogens with zero attached hydrogens (tertiary/aromatic N) is 3. The standard InChI is InChI=1S/C11H21N5O/c1-4-9(5-2)13-11(17)7-16-6-10(8(3)12)14-15-16/h6,8-9H,4-5,7,12H2,1-3H3,(H,13,17). The highest BCUT2D eigenvalue weighted by Crippen LogP contribution is 2.03. The number of hydrogen-bond donors (Lipinski definition) is 2. The smallest absolute Gasteiger partial charge is 0.242 e. The summed E-state index contributed by atoms with van der Waals surface area (Å²) in [6.45, 7) is 6.13. The van der Waals surface area contributed by atoms with Crippen LogP contribution in [0.5, 0.6) is 0 Å². The molecule has 6 nitrogen and oxygen atoms in total. The van der Waals surface area contributed by atoms with Gasteiger partial charge in [0.1, 0.15) is 6.54 Å². The summed E-state index contributed by atoms with van der Waals surface area (Å²) in [4.78, 5) is 11.7. The van der Waals surface area contributed by atoms with E-state index in [1.54, 1.807) is 6.20 Å². The molecule has 0 aliphatic rings. The normalized spacial score (nSPS) is 12.8. The maximum atomic E-state index is 11.7. The molecule has 6 heteroatoms. The van der Waals surface area contributed by atoms with Crippen LogP contribution in [0, 0.1) is 0 Å². The van der Waals surface area contributed by atoms with Gasteiger partial charge < -0.3 is 11.1 Å². The number of amides is 1. The van der Waals surface area contributed by atoms with Gasteiger partial charge in [-0.25, -0.2) is 4.68 Å². The number of hydrogen-bond acceptors (Lipinski definition) is 4. The van der Waals surface area contributed by atoms with Gasteiger partial charge in [-0.2, -0.15) is 0 Å². The monoisotopic (exact) mass is 239 g/mol. The van der Waals surface area contributed by atoms with Crippen LogP contribution < -0.4 is 11.1 Å². The average molecular weight is 239 g/mol. The molecule has 1 rings (SSSR count). The molecule has 1 heterocycles. The molecule has 1 aromatic rings. The molecular weight excluding hydrogens is 218 g/mol. The Morgan fingerprint density at radius 1 is 1.53 bits per heavy atom. The predicted molar refractivity (Wildman–Crippen MR) is 65.1 cm³/mol. The minimum Gasteiger partial charge on any atom is -0.352 e. The lowest BCUT2D eigenvalue weighted by Gasteiger charge is -2.14. The van der Waals surface area contributed by atoms with Crippen LogP contribution in [0.1, 0.15) is 45.3 Å². The van der Waals surface area contributed by atoms with Crippen molar-refractivity contribution < 1.29 is 4.79 Å². The molecule has 96 valence electrons. The third kappa shape index (κ3) is 4.14. The highest BCUT2D eigenvalue weighted by atomic mass is 16.2. The number of nitrogens with two attached hydrogens (primary N) is 1. The molecular formula is C11H21N5O. The molecule has 0 aliphatic heterocycles. The quantitative estimate of drug-likeness (QED) is 0.761. The zero-order valence-corrected chi connectivity index (χ0v) is 10.7. The fourth-order valence-electron chi connectivity index (χ4n) is 1.51. The third-order valence-electron chi connectivity index (χ3n) is 2.68. The fraction of sp³-hybridized carbons (Fsp3) is 0.727. The molecule has 3 N–H and O–H groups in total. The van der Waals surface area contributed by atoms with Crippen molar-refractivity contribution in [2.75, 3.05) is 0 Å². The molecule has 0 fully saturated rings. The lowest BCUT2D eigenvalue weighted by Crippen LogP contribution is -2.36. The molecule has 1 atom stereocenters. The van der Waals surface area contributed by atoms with E-state index in [2.05, 4.69) is 29.5 Å². The summed E-state index contributed by atoms with van der Waals surface area (Å²) in [6, 6.07) is 0.0739. The van der Waals surface area contributed by atoms with E-state index < -0.39 is 0 Å². The van der Waals surface area contributed by atoms with Gasteiger partial charge in [0, 0.05) is 12.1 Å². The molecule has 1 amide bonds. The lowest BCUT2D eigenvalue weighted by atomic mass is 10.2. The Hall–Kier alpha value is -1.43. The van der Waals surface area contributed by atoms with E-state index in [-0.39, 0.29) is 24.5 Å². The average Bonchev–Trinajstić information content (AvgIpc) is 2.74. The van der Waals surface area contributed by atoms with Crippen molar-refractivity contribution in [3.05, 3.63) is 11.9 Å². The Morgan fingerprint density at radius 3 is 2.65 bits per heavy atom. The van der Waals surface area contributed by atoms with E-state index >= 15 is 0 Å². The summed E-state index contributed by atoms with van der Waals surface area (Å²) < 4.78 is 1.51. The third-order valence-corrected chi connectivity index (χ3v) is 2.68. The van der Waals surface area contributed by atoms with Crippen LogP contribution in [-0.4, -0.2) is 26.9 Å². The minimum atomic E-state index is -0.161. The van der Waals surface area contributed by atoms with E-state index in [1.165, 1.54) is 4.68 Å². The lowest BCUT2D eigenvalue weighted by molar-refractivity contribution is -0.122. The van der Waals surface area contributed by atoms with Crippen molar-refractivity contribution in [3.63, 3.8) is 0 Å². The van der Waals surface area contributed by atoms with Crippen molar-refractivity contribution in [3.8, 4) is 0 Å². The van der Waals surface area contributed by atoms with Crippen molar-refractivity contribution >= 4 is 5.91 Å². The summed E-state index contributed by atoms with van der Waals surface area (Å²) in [5.74, 6) is -0.0418. The molecule has 0 spiro atoms. The maximum Gasteiger partial charge on any atom is 0.242 e. The van der Waals surface area contributed by atoms with Crippen LogP contribution in [0.4, 0.5) is 0 Å². The molecule has 1 aromatic heterocycles. The molecule has 0 aliphatic carbocycles. The Labute approximate surface area is 102 Å². The molecule has 0 bridgehead atoms. The largest absolute Gasteiger partial charge is 0.352 e. The van der Waals surface area contributed by atoms with Gasteiger partial charge in [0.2, 0.25) is 5.91 Å². The van der Waals surface area contributed by atoms with Crippen LogP contribution in [0.3, 0.4) is 0 Å². The van der Waals surface area contributed by atoms with Crippen molar-refractivity contribution in [2.45, 2.75) is 52.2 Å². The SMILES string of the molecule is CCC(CC)NC(=O)Cn1cc(C(C)N)nn1. The first-order valence-corrected chi connectivity index (χ1v) is 6.01. The molecule has 0 radical (unpaired) electrons. The zero-order chi connectivity index (χ0) is 12.8. The van der Waals surface area contributed by atoms with E-state index in [9.17, 15) is 4.79 Å². The fourth-order valence-corrected chi connectivity index (χ4v) is 1.51. The second kappa shape index (κ2) is 6.34. The Kier molecular flexibility index (Phi) is 5.09. The minimum absolute atomic E-state index is 0.0418. The topological polar surface area (TPSA) is 85.8 Å². The van der Waals surface area contributed by atoms with Gasteiger partial charge in [0.25, 0.3) is 0 Å². The van der Waals surface area contributed by atoms with Gasteiger partial charge in [0.05, 0.1) is 11.9 Å². The van der Waals surface area contributed by atoms with E-state index in [4.69, 9.17) is 5.73 Å². The molecule has 17 heavy (non-hydrogen) atoms. The Balaban J connectivity index is 2.50. The highest BCUT2D eigenvalue weighted by molar-refractivity contribution is 5.75. The summed E-state index contributed by atoms with van der Waals surface area (Å²) in [7, 11) is 0. The van der Waals surface area contributed by atoms with Crippen LogP contribution in [-0.2, 0) is 11.3 Å². The zero-order valence-electron chi connectivity index (χ0n) is 10.7. The van der Waals surface area contributed by atoms with Crippen LogP contribution in [0.25, 0.3) is 0 Å². The van der Waals surface area contributed by atoms with Gasteiger partial charge >= 0.3 is 0 Å². The second-order valence-electron chi connectivity index (χ2n) is 4.21. The number of aromatic nitrogens is 3. The highest BCUT2D eigenvalue weighted by Gasteiger charge is 2.11. The summed E-state index contributed by atoms with van der Waals surface area (Å²) >= 11 is 0. The Bertz CT molecular complexity index is 356. The van der Waals surface area contributed by atoms with Crippen LogP contribution in [0.2, 0.25) is 0 Å². The first-order chi connectivity index (χ1) is 8.06. The van der Waals surface area contributed by atoms with Crippen molar-refractivity contribution in [1.29, 1.82) is 0 Å². The van der Waals surface area contributed by atoms with Gasteiger partial charge in [-0.1, -0.05) is 19.1 Å². The first-order valence-electron chi connectivity index (χ1n) is 6.01. The molecule has 0 saturated heterocycles. The number of nitrogens with one attached hydrogen (secondary N) is 1. The number of rotatable bonds is 6. The van der Waals surface area contributed by atoms with Crippen LogP contribution >= 0.6 is 0 Å². The van der Waals surface area contributed by atoms with Gasteiger partial charge in [-0.15, -0.1) is 5.10 Å². The van der Waals surface area contributed by atoms with E-state index in [0.29, 0.717) is 5.69 Å². The Morgan fingerprint density at radius 2 is 2.18 bits per heavy atom. The van der Waals surface area contributed by atoms with Gasteiger partial charge in [0.15, 0.2) is 0 Å². The molecule has 0 aromatic carbocycles. The summed E-state index contributed by atoms with van der Waals surface area (Å²) in [5, 5.41) is 10.7. The van der Waals surface area contributed by atoms with Crippen LogP contribution in [0.15, 0.2) is 6.20 Å². The first kappa shape index (κ1) is 13.6. The number of carbonyl (C=O) groups excluding carboxylic acids is 1. The van der Waals surface area contributed by atoms with Crippen molar-refractivity contribution in [1.82, 2.24) is 20.3 Å². The molecule has 1 unspecified atom stereocenters. The van der Waals surface area contributed by atoms with Gasteiger partial charge in [-0.05, 0) is 19.8 Å². The predicted octanol–water partition coefficient (Wildman–Crippen LogP) is 0.603. The summed E-state index contributed by atoms with van der Waals surface area (Å²) in [6.07, 6.45) is 3.58. The van der Waals surface area contributed by atoms with Gasteiger partial charge in [-0.3, -0.25) is 4.79 Å². The van der Waals surface area contributed by atoms with Crippen molar-refractivity contribution in [2.24, 2.45) is 5.73 Å². The van der Waals surface area contributed by atoms with E-state index in [1.807, 2.05) is 6.92 Å². The molecule has 0 saturated carbocycles. The van der Waals surface area contributed by atoms with E-state index in [0.717, 1.165) is 12.8 Å². The number of carbonyl (C=O) groups is 1. The maximum absolute atomic E-state index is 11.7.